The molecule has 1 aromatic heterocycles. The van der Waals surface area contributed by atoms with E-state index in [-0.39, 0.29) is 0 Å². The van der Waals surface area contributed by atoms with Gasteiger partial charge in [-0.1, -0.05) is 29.3 Å². The lowest BCUT2D eigenvalue weighted by atomic mass is 10.3. The number of hydrogen-bond acceptors (Lipinski definition) is 3. The Morgan fingerprint density at radius 1 is 1.16 bits per heavy atom. The van der Waals surface area contributed by atoms with Crippen molar-refractivity contribution < 1.29 is 0 Å². The van der Waals surface area contributed by atoms with Crippen molar-refractivity contribution in [2.75, 3.05) is 12.3 Å². The van der Waals surface area contributed by atoms with Gasteiger partial charge in [-0.3, -0.25) is 4.98 Å². The molecular formula is C14H14Cl2N2S. The molecule has 2 rings (SSSR count). The van der Waals surface area contributed by atoms with Crippen molar-refractivity contribution in [1.29, 1.82) is 0 Å². The normalized spacial score (nSPS) is 10.6. The van der Waals surface area contributed by atoms with Gasteiger partial charge in [0, 0.05) is 36.1 Å². The molecule has 0 radical (unpaired) electrons. The molecule has 5 heteroatoms. The topological polar surface area (TPSA) is 24.9 Å². The lowest BCUT2D eigenvalue weighted by molar-refractivity contribution is 0.729. The Bertz CT molecular complexity index is 520. The highest BCUT2D eigenvalue weighted by atomic mass is 35.5. The molecule has 0 atom stereocenters. The number of rotatable bonds is 6. The molecule has 0 amide bonds. The van der Waals surface area contributed by atoms with Crippen LogP contribution in [0.3, 0.4) is 0 Å². The van der Waals surface area contributed by atoms with Crippen LogP contribution in [0, 0.1) is 0 Å². The van der Waals surface area contributed by atoms with Crippen LogP contribution >= 0.6 is 35.0 Å². The quantitative estimate of drug-likeness (QED) is 0.637. The third-order valence-electron chi connectivity index (χ3n) is 2.49. The Morgan fingerprint density at radius 2 is 2.05 bits per heavy atom. The molecule has 1 N–H and O–H groups in total. The summed E-state index contributed by atoms with van der Waals surface area (Å²) in [6.45, 7) is 1.77. The third-order valence-corrected chi connectivity index (χ3v) is 4.23. The Labute approximate surface area is 127 Å². The van der Waals surface area contributed by atoms with Crippen LogP contribution in [0.2, 0.25) is 10.0 Å². The van der Waals surface area contributed by atoms with Gasteiger partial charge in [-0.05, 0) is 29.8 Å². The maximum absolute atomic E-state index is 5.97. The second-order valence-corrected chi connectivity index (χ2v) is 5.95. The monoisotopic (exact) mass is 312 g/mol. The van der Waals surface area contributed by atoms with Gasteiger partial charge in [-0.25, -0.2) is 0 Å². The van der Waals surface area contributed by atoms with Crippen LogP contribution in [0.1, 0.15) is 5.56 Å². The first-order chi connectivity index (χ1) is 9.25. The summed E-state index contributed by atoms with van der Waals surface area (Å²) in [4.78, 5) is 5.21. The second kappa shape index (κ2) is 7.75. The largest absolute Gasteiger partial charge is 0.312 e. The molecule has 0 bridgehead atoms. The van der Waals surface area contributed by atoms with Gasteiger partial charge in [-0.2, -0.15) is 0 Å². The zero-order chi connectivity index (χ0) is 13.5. The summed E-state index contributed by atoms with van der Waals surface area (Å²) in [6.07, 6.45) is 3.66. The summed E-state index contributed by atoms with van der Waals surface area (Å²) < 4.78 is 0. The Kier molecular flexibility index (Phi) is 5.98. The minimum atomic E-state index is 0.598. The standard InChI is InChI=1S/C14H14Cl2N2S/c15-13-4-3-12(8-14(13)16)19-7-6-18-10-11-2-1-5-17-9-11/h1-5,8-9,18H,6-7,10H2. The van der Waals surface area contributed by atoms with Gasteiger partial charge in [0.1, 0.15) is 0 Å². The minimum Gasteiger partial charge on any atom is -0.312 e. The van der Waals surface area contributed by atoms with Crippen molar-refractivity contribution >= 4 is 35.0 Å². The molecule has 0 aliphatic carbocycles. The van der Waals surface area contributed by atoms with E-state index in [1.165, 1.54) is 5.56 Å². The van der Waals surface area contributed by atoms with Gasteiger partial charge in [0.25, 0.3) is 0 Å². The highest BCUT2D eigenvalue weighted by molar-refractivity contribution is 7.99. The molecule has 0 unspecified atom stereocenters. The van der Waals surface area contributed by atoms with E-state index in [2.05, 4.69) is 16.4 Å². The van der Waals surface area contributed by atoms with Crippen molar-refractivity contribution in [3.05, 3.63) is 58.3 Å². The fourth-order valence-corrected chi connectivity index (χ4v) is 2.75. The van der Waals surface area contributed by atoms with Crippen molar-refractivity contribution in [2.24, 2.45) is 0 Å². The first-order valence-corrected chi connectivity index (χ1v) is 7.67. The van der Waals surface area contributed by atoms with Crippen LogP contribution in [-0.2, 0) is 6.54 Å². The molecule has 0 spiro atoms. The number of hydrogen-bond donors (Lipinski definition) is 1. The zero-order valence-corrected chi connectivity index (χ0v) is 12.6. The summed E-state index contributed by atoms with van der Waals surface area (Å²) in [6, 6.07) is 9.72. The summed E-state index contributed by atoms with van der Waals surface area (Å²) in [5, 5.41) is 4.58. The second-order valence-electron chi connectivity index (χ2n) is 3.96. The molecule has 2 nitrogen and oxygen atoms in total. The third kappa shape index (κ3) is 5.03. The molecule has 0 saturated heterocycles. The maximum atomic E-state index is 5.97. The first-order valence-electron chi connectivity index (χ1n) is 5.93. The van der Waals surface area contributed by atoms with Crippen LogP contribution in [0.4, 0.5) is 0 Å². The van der Waals surface area contributed by atoms with Gasteiger partial charge in [-0.15, -0.1) is 11.8 Å². The van der Waals surface area contributed by atoms with E-state index in [0.717, 1.165) is 23.7 Å². The molecule has 1 heterocycles. The smallest absolute Gasteiger partial charge is 0.0603 e. The lowest BCUT2D eigenvalue weighted by Gasteiger charge is -2.05. The van der Waals surface area contributed by atoms with Crippen LogP contribution in [0.25, 0.3) is 0 Å². The number of thioether (sulfide) groups is 1. The summed E-state index contributed by atoms with van der Waals surface area (Å²) in [5.41, 5.74) is 1.20. The number of aromatic nitrogens is 1. The summed E-state index contributed by atoms with van der Waals surface area (Å²) >= 11 is 13.6. The zero-order valence-electron chi connectivity index (χ0n) is 10.3. The molecule has 1 aromatic carbocycles. The molecule has 0 aliphatic rings. The minimum absolute atomic E-state index is 0.598. The Balaban J connectivity index is 1.68. The van der Waals surface area contributed by atoms with E-state index >= 15 is 0 Å². The van der Waals surface area contributed by atoms with Crippen molar-refractivity contribution in [3.8, 4) is 0 Å². The Hall–Kier alpha value is -0.740. The van der Waals surface area contributed by atoms with Crippen LogP contribution in [0.5, 0.6) is 0 Å². The predicted octanol–water partition coefficient (Wildman–Crippen LogP) is 4.27. The summed E-state index contributed by atoms with van der Waals surface area (Å²) in [5.74, 6) is 0.984. The van der Waals surface area contributed by atoms with Crippen molar-refractivity contribution in [3.63, 3.8) is 0 Å². The fraction of sp³-hybridized carbons (Fsp3) is 0.214. The van der Waals surface area contributed by atoms with E-state index in [4.69, 9.17) is 23.2 Å². The molecule has 0 aliphatic heterocycles. The average Bonchev–Trinajstić information content (AvgIpc) is 2.43. The molecule has 0 saturated carbocycles. The molecule has 19 heavy (non-hydrogen) atoms. The van der Waals surface area contributed by atoms with E-state index in [0.29, 0.717) is 10.0 Å². The molecular weight excluding hydrogens is 299 g/mol. The van der Waals surface area contributed by atoms with E-state index in [1.807, 2.05) is 30.5 Å². The van der Waals surface area contributed by atoms with Crippen LogP contribution in [-0.4, -0.2) is 17.3 Å². The number of nitrogens with zero attached hydrogens (tertiary/aromatic N) is 1. The Morgan fingerprint density at radius 3 is 2.79 bits per heavy atom. The van der Waals surface area contributed by atoms with Gasteiger partial charge in [0.2, 0.25) is 0 Å². The van der Waals surface area contributed by atoms with Gasteiger partial charge < -0.3 is 5.32 Å². The number of benzene rings is 1. The van der Waals surface area contributed by atoms with E-state index in [9.17, 15) is 0 Å². The van der Waals surface area contributed by atoms with Gasteiger partial charge in [0.05, 0.1) is 10.0 Å². The van der Waals surface area contributed by atoms with Crippen molar-refractivity contribution in [1.82, 2.24) is 10.3 Å². The van der Waals surface area contributed by atoms with Crippen LogP contribution < -0.4 is 5.32 Å². The van der Waals surface area contributed by atoms with Crippen molar-refractivity contribution in [2.45, 2.75) is 11.4 Å². The lowest BCUT2D eigenvalue weighted by Crippen LogP contribution is -2.16. The van der Waals surface area contributed by atoms with Crippen LogP contribution in [0.15, 0.2) is 47.6 Å². The van der Waals surface area contributed by atoms with Gasteiger partial charge >= 0.3 is 0 Å². The highest BCUT2D eigenvalue weighted by Gasteiger charge is 2.00. The molecule has 0 fully saturated rings. The predicted molar refractivity (Wildman–Crippen MR) is 83.1 cm³/mol. The first kappa shape index (κ1) is 14.7. The molecule has 2 aromatic rings. The maximum Gasteiger partial charge on any atom is 0.0603 e. The number of pyridine rings is 1. The fourth-order valence-electron chi connectivity index (χ4n) is 1.54. The SMILES string of the molecule is Clc1ccc(SCCNCc2cccnc2)cc1Cl. The number of nitrogens with one attached hydrogen (secondary N) is 1. The summed E-state index contributed by atoms with van der Waals surface area (Å²) in [7, 11) is 0. The van der Waals surface area contributed by atoms with Gasteiger partial charge in [0.15, 0.2) is 0 Å². The average molecular weight is 313 g/mol. The highest BCUT2D eigenvalue weighted by Crippen LogP contribution is 2.27. The van der Waals surface area contributed by atoms with E-state index < -0.39 is 0 Å². The number of halogens is 2. The molecule has 100 valence electrons. The van der Waals surface area contributed by atoms with E-state index in [1.54, 1.807) is 18.0 Å².